The largest absolute Gasteiger partial charge is 0.355 e. The lowest BCUT2D eigenvalue weighted by Gasteiger charge is -2.30. The molecule has 0 bridgehead atoms. The summed E-state index contributed by atoms with van der Waals surface area (Å²) in [5.41, 5.74) is 5.29. The van der Waals surface area contributed by atoms with Gasteiger partial charge in [0.05, 0.1) is 10.2 Å². The highest BCUT2D eigenvalue weighted by Crippen LogP contribution is 2.19. The number of rotatable bonds is 8. The van der Waals surface area contributed by atoms with E-state index in [1.807, 2.05) is 13.8 Å². The van der Waals surface area contributed by atoms with Crippen LogP contribution < -0.4 is 5.73 Å². The first kappa shape index (κ1) is 14.1. The molecule has 14 heavy (non-hydrogen) atoms. The molecule has 0 aliphatic rings. The van der Waals surface area contributed by atoms with Crippen LogP contribution in [0.4, 0.5) is 0 Å². The van der Waals surface area contributed by atoms with Gasteiger partial charge in [-0.3, -0.25) is 0 Å². The molecule has 3 nitrogen and oxygen atoms in total. The zero-order valence-corrected chi connectivity index (χ0v) is 12.0. The van der Waals surface area contributed by atoms with Crippen LogP contribution in [0.2, 0.25) is 0 Å². The number of hydrogen-bond acceptors (Lipinski definition) is 3. The molecule has 0 aromatic heterocycles. The molecular weight excluding hydrogens is 194 g/mol. The maximum absolute atomic E-state index is 5.66. The van der Waals surface area contributed by atoms with Gasteiger partial charge in [0.2, 0.25) is 0 Å². The summed E-state index contributed by atoms with van der Waals surface area (Å²) in [6.07, 6.45) is 2.05. The Morgan fingerprint density at radius 1 is 1.29 bits per heavy atom. The molecule has 0 spiro atoms. The first-order chi connectivity index (χ1) is 6.58. The monoisotopic (exact) mass is 219 g/mol. The van der Waals surface area contributed by atoms with E-state index in [1.165, 1.54) is 0 Å². The molecule has 4 heteroatoms. The van der Waals surface area contributed by atoms with Gasteiger partial charge in [-0.2, -0.15) is 0 Å². The van der Waals surface area contributed by atoms with Crippen molar-refractivity contribution in [1.82, 2.24) is 0 Å². The lowest BCUT2D eigenvalue weighted by molar-refractivity contribution is -0.178. The van der Waals surface area contributed by atoms with Gasteiger partial charge in [0.25, 0.3) is 0 Å². The van der Waals surface area contributed by atoms with Crippen LogP contribution in [0.3, 0.4) is 0 Å². The van der Waals surface area contributed by atoms with E-state index < -0.39 is 0 Å². The molecule has 0 aromatic carbocycles. The average Bonchev–Trinajstić information content (AvgIpc) is 2.15. The molecule has 0 rings (SSSR count). The predicted octanol–water partition coefficient (Wildman–Crippen LogP) is 0.454. The minimum atomic E-state index is -0.285. The normalized spacial score (nSPS) is 14.6. The molecule has 1 unspecified atom stereocenters. The number of hydrogen-bond donors (Lipinski definition) is 1. The van der Waals surface area contributed by atoms with Crippen molar-refractivity contribution in [3.8, 4) is 0 Å². The van der Waals surface area contributed by atoms with Gasteiger partial charge in [0, 0.05) is 13.2 Å². The molecule has 0 saturated carbocycles. The Labute approximate surface area is 90.8 Å². The van der Waals surface area contributed by atoms with Gasteiger partial charge in [-0.15, -0.1) is 0 Å². The highest BCUT2D eigenvalue weighted by Gasteiger charge is 2.24. The lowest BCUT2D eigenvalue weighted by atomic mass is 10.1. The molecule has 0 fully saturated rings. The molecule has 86 valence electrons. The maximum atomic E-state index is 5.66. The van der Waals surface area contributed by atoms with Gasteiger partial charge >= 0.3 is 0 Å². The third kappa shape index (κ3) is 5.75. The Morgan fingerprint density at radius 2 is 1.79 bits per heavy atom. The van der Waals surface area contributed by atoms with Crippen LogP contribution in [0.5, 0.6) is 0 Å². The molecule has 0 radical (unpaired) electrons. The van der Waals surface area contributed by atoms with E-state index in [-0.39, 0.29) is 5.41 Å². The maximum Gasteiger partial charge on any atom is 0.141 e. The molecule has 0 aliphatic heterocycles. The van der Waals surface area contributed by atoms with Crippen molar-refractivity contribution in [1.29, 1.82) is 0 Å². The summed E-state index contributed by atoms with van der Waals surface area (Å²) in [5, 5.41) is 0. The van der Waals surface area contributed by atoms with E-state index in [2.05, 4.69) is 6.92 Å². The van der Waals surface area contributed by atoms with Crippen LogP contribution in [-0.2, 0) is 9.47 Å². The Morgan fingerprint density at radius 3 is 2.14 bits per heavy atom. The van der Waals surface area contributed by atoms with Crippen LogP contribution in [0.25, 0.3) is 0 Å². The highest BCUT2D eigenvalue weighted by atomic mass is 28.1. The zero-order chi connectivity index (χ0) is 11.0. The van der Waals surface area contributed by atoms with Crippen LogP contribution in [0.15, 0.2) is 0 Å². The van der Waals surface area contributed by atoms with Gasteiger partial charge in [-0.05, 0) is 39.2 Å². The minimum absolute atomic E-state index is 0.285. The smallest absolute Gasteiger partial charge is 0.141 e. The summed E-state index contributed by atoms with van der Waals surface area (Å²) < 4.78 is 11.3. The summed E-state index contributed by atoms with van der Waals surface area (Å²) in [4.78, 5) is 0. The fourth-order valence-corrected chi connectivity index (χ4v) is 2.29. The molecule has 0 saturated heterocycles. The molecular formula is C10H25NO2Si. The first-order valence-corrected chi connectivity index (χ1v) is 6.56. The van der Waals surface area contributed by atoms with E-state index >= 15 is 0 Å². The molecule has 2 N–H and O–H groups in total. The van der Waals surface area contributed by atoms with Gasteiger partial charge in [-0.1, -0.05) is 6.92 Å². The van der Waals surface area contributed by atoms with E-state index in [0.717, 1.165) is 42.8 Å². The van der Waals surface area contributed by atoms with Crippen LogP contribution >= 0.6 is 0 Å². The third-order valence-electron chi connectivity index (χ3n) is 2.39. The van der Waals surface area contributed by atoms with Crippen molar-refractivity contribution >= 4 is 10.2 Å². The van der Waals surface area contributed by atoms with Gasteiger partial charge in [0.1, 0.15) is 5.41 Å². The van der Waals surface area contributed by atoms with Gasteiger partial charge in [-0.25, -0.2) is 0 Å². The Balaban J connectivity index is 3.94. The van der Waals surface area contributed by atoms with Crippen molar-refractivity contribution in [3.63, 3.8) is 0 Å². The van der Waals surface area contributed by atoms with E-state index in [0.29, 0.717) is 5.92 Å². The Bertz CT molecular complexity index is 138. The second kappa shape index (κ2) is 7.40. The first-order valence-electron chi connectivity index (χ1n) is 5.56. The topological polar surface area (TPSA) is 44.5 Å². The molecule has 0 amide bonds. The van der Waals surface area contributed by atoms with Crippen molar-refractivity contribution in [3.05, 3.63) is 0 Å². The SMILES string of the molecule is CCOC([SiH3])(CCC(C)CN)OCC. The zero-order valence-electron chi connectivity index (χ0n) is 10.0. The lowest BCUT2D eigenvalue weighted by Crippen LogP contribution is -2.37. The van der Waals surface area contributed by atoms with Crippen LogP contribution in [0.1, 0.15) is 33.6 Å². The molecule has 1 atom stereocenters. The second-order valence-electron chi connectivity index (χ2n) is 3.88. The second-order valence-corrected chi connectivity index (χ2v) is 5.40. The van der Waals surface area contributed by atoms with Crippen LogP contribution in [0, 0.1) is 5.92 Å². The molecule has 0 aromatic rings. The van der Waals surface area contributed by atoms with E-state index in [9.17, 15) is 0 Å². The Hall–Kier alpha value is 0.0969. The summed E-state index contributed by atoms with van der Waals surface area (Å²) in [6.45, 7) is 8.38. The number of ether oxygens (including phenoxy) is 2. The average molecular weight is 219 g/mol. The van der Waals surface area contributed by atoms with Crippen LogP contribution in [-0.4, -0.2) is 35.4 Å². The van der Waals surface area contributed by atoms with Gasteiger partial charge < -0.3 is 15.2 Å². The van der Waals surface area contributed by atoms with Crippen molar-refractivity contribution in [2.24, 2.45) is 11.7 Å². The fourth-order valence-electron chi connectivity index (χ4n) is 1.42. The fraction of sp³-hybridized carbons (Fsp3) is 1.00. The quantitative estimate of drug-likeness (QED) is 0.476. The summed E-state index contributed by atoms with van der Waals surface area (Å²) in [5.74, 6) is 0.559. The molecule has 0 aliphatic carbocycles. The van der Waals surface area contributed by atoms with Gasteiger partial charge in [0.15, 0.2) is 0 Å². The highest BCUT2D eigenvalue weighted by molar-refractivity contribution is 6.13. The predicted molar refractivity (Wildman–Crippen MR) is 63.4 cm³/mol. The third-order valence-corrected chi connectivity index (χ3v) is 3.47. The van der Waals surface area contributed by atoms with E-state index in [1.54, 1.807) is 0 Å². The van der Waals surface area contributed by atoms with E-state index in [4.69, 9.17) is 15.2 Å². The number of nitrogens with two attached hydrogens (primary N) is 1. The van der Waals surface area contributed by atoms with Crippen molar-refractivity contribution < 1.29 is 9.47 Å². The summed E-state index contributed by atoms with van der Waals surface area (Å²) >= 11 is 0. The standard InChI is InChI=1S/C10H25NO2Si/c1-4-12-10(14,13-5-2)7-6-9(3)8-11/h9H,4-8,11H2,1-3,14H3. The molecule has 0 heterocycles. The summed E-state index contributed by atoms with van der Waals surface area (Å²) in [6, 6.07) is 0. The Kier molecular flexibility index (Phi) is 7.45. The summed E-state index contributed by atoms with van der Waals surface area (Å²) in [7, 11) is 0.911. The van der Waals surface area contributed by atoms with Crippen molar-refractivity contribution in [2.45, 2.75) is 39.0 Å². The minimum Gasteiger partial charge on any atom is -0.355 e. The van der Waals surface area contributed by atoms with Crippen molar-refractivity contribution in [2.75, 3.05) is 19.8 Å².